The predicted octanol–water partition coefficient (Wildman–Crippen LogP) is 4.40. The highest BCUT2D eigenvalue weighted by Gasteiger charge is 2.49. The van der Waals surface area contributed by atoms with Crippen LogP contribution in [0.4, 0.5) is 0 Å². The molecule has 2 aromatic rings. The SMILES string of the molecule is COC(=O)C1=C(C)NC2=C(C(=O)[C@@H](C(=O)OC)[C@H](c3cccs3)C2)[C@@H]1c1ccc(SC)cc1. The monoisotopic (exact) mass is 483 g/mol. The Morgan fingerprint density at radius 2 is 1.85 bits per heavy atom. The molecule has 0 bridgehead atoms. The second-order valence-electron chi connectivity index (χ2n) is 7.94. The van der Waals surface area contributed by atoms with E-state index in [-0.39, 0.29) is 11.7 Å². The Bertz CT molecular complexity index is 1150. The highest BCUT2D eigenvalue weighted by molar-refractivity contribution is 7.98. The summed E-state index contributed by atoms with van der Waals surface area (Å²) in [6.45, 7) is 1.82. The van der Waals surface area contributed by atoms with Crippen LogP contribution in [0.1, 0.15) is 35.6 Å². The maximum Gasteiger partial charge on any atom is 0.336 e. The Morgan fingerprint density at radius 1 is 1.12 bits per heavy atom. The summed E-state index contributed by atoms with van der Waals surface area (Å²) in [6, 6.07) is 11.6. The number of benzene rings is 1. The van der Waals surface area contributed by atoms with E-state index in [4.69, 9.17) is 9.47 Å². The zero-order valence-electron chi connectivity index (χ0n) is 18.8. The molecule has 172 valence electrons. The first kappa shape index (κ1) is 23.3. The Labute approximate surface area is 201 Å². The summed E-state index contributed by atoms with van der Waals surface area (Å²) < 4.78 is 10.1. The van der Waals surface area contributed by atoms with Crippen LogP contribution in [0.3, 0.4) is 0 Å². The van der Waals surface area contributed by atoms with Gasteiger partial charge in [0.15, 0.2) is 5.78 Å². The zero-order chi connectivity index (χ0) is 23.7. The lowest BCUT2D eigenvalue weighted by molar-refractivity contribution is -0.149. The van der Waals surface area contributed by atoms with Crippen molar-refractivity contribution in [2.24, 2.45) is 5.92 Å². The van der Waals surface area contributed by atoms with E-state index in [1.54, 1.807) is 11.8 Å². The lowest BCUT2D eigenvalue weighted by atomic mass is 9.68. The molecule has 33 heavy (non-hydrogen) atoms. The van der Waals surface area contributed by atoms with Crippen molar-refractivity contribution in [2.45, 2.75) is 30.1 Å². The molecule has 1 aromatic heterocycles. The molecule has 4 rings (SSSR count). The third-order valence-electron chi connectivity index (χ3n) is 6.24. The molecule has 0 unspecified atom stereocenters. The number of esters is 2. The Morgan fingerprint density at radius 3 is 2.42 bits per heavy atom. The van der Waals surface area contributed by atoms with Crippen molar-refractivity contribution < 1.29 is 23.9 Å². The number of thioether (sulfide) groups is 1. The molecule has 0 radical (unpaired) electrons. The second kappa shape index (κ2) is 9.57. The number of carbonyl (C=O) groups is 3. The van der Waals surface area contributed by atoms with Gasteiger partial charge in [0.05, 0.1) is 19.8 Å². The number of allylic oxidation sites excluding steroid dienone is 3. The third kappa shape index (κ3) is 4.13. The average molecular weight is 484 g/mol. The number of thiophene rings is 1. The summed E-state index contributed by atoms with van der Waals surface area (Å²) in [5.41, 5.74) is 2.99. The van der Waals surface area contributed by atoms with Crippen molar-refractivity contribution in [1.82, 2.24) is 5.32 Å². The van der Waals surface area contributed by atoms with Gasteiger partial charge in [-0.3, -0.25) is 9.59 Å². The number of methoxy groups -OCH3 is 2. The molecule has 2 aliphatic rings. The van der Waals surface area contributed by atoms with Crippen LogP contribution in [0.5, 0.6) is 0 Å². The topological polar surface area (TPSA) is 81.7 Å². The summed E-state index contributed by atoms with van der Waals surface area (Å²) >= 11 is 3.13. The van der Waals surface area contributed by atoms with Gasteiger partial charge in [-0.15, -0.1) is 23.1 Å². The van der Waals surface area contributed by atoms with Crippen LogP contribution in [0.15, 0.2) is 69.2 Å². The van der Waals surface area contributed by atoms with Gasteiger partial charge >= 0.3 is 11.9 Å². The quantitative estimate of drug-likeness (QED) is 0.383. The fourth-order valence-electron chi connectivity index (χ4n) is 4.71. The number of ketones is 1. The van der Waals surface area contributed by atoms with Gasteiger partial charge in [-0.25, -0.2) is 4.79 Å². The first-order valence-electron chi connectivity index (χ1n) is 10.5. The number of ether oxygens (including phenoxy) is 2. The molecule has 8 heteroatoms. The highest BCUT2D eigenvalue weighted by Crippen LogP contribution is 2.48. The van der Waals surface area contributed by atoms with Gasteiger partial charge < -0.3 is 14.8 Å². The van der Waals surface area contributed by atoms with Gasteiger partial charge in [0.2, 0.25) is 0 Å². The van der Waals surface area contributed by atoms with E-state index in [2.05, 4.69) is 5.32 Å². The molecule has 0 amide bonds. The van der Waals surface area contributed by atoms with Gasteiger partial charge in [-0.1, -0.05) is 18.2 Å². The molecule has 6 nitrogen and oxygen atoms in total. The van der Waals surface area contributed by atoms with Crippen molar-refractivity contribution in [2.75, 3.05) is 20.5 Å². The van der Waals surface area contributed by atoms with Gasteiger partial charge in [0.1, 0.15) is 5.92 Å². The number of carbonyl (C=O) groups excluding carboxylic acids is 3. The fraction of sp³-hybridized carbons (Fsp3) is 0.320. The van der Waals surface area contributed by atoms with Gasteiger partial charge in [0, 0.05) is 38.6 Å². The van der Waals surface area contributed by atoms with Gasteiger partial charge in [-0.2, -0.15) is 0 Å². The van der Waals surface area contributed by atoms with Crippen LogP contribution >= 0.6 is 23.1 Å². The van der Waals surface area contributed by atoms with Crippen LogP contribution < -0.4 is 5.32 Å². The molecule has 0 saturated carbocycles. The van der Waals surface area contributed by atoms with Crippen LogP contribution in [-0.2, 0) is 23.9 Å². The van der Waals surface area contributed by atoms with E-state index in [0.717, 1.165) is 21.0 Å². The number of rotatable bonds is 5. The number of hydrogen-bond acceptors (Lipinski definition) is 8. The van der Waals surface area contributed by atoms with Crippen LogP contribution in [-0.4, -0.2) is 38.2 Å². The molecule has 0 spiro atoms. The number of dihydropyridines is 1. The molecule has 3 atom stereocenters. The standard InChI is InChI=1S/C25H25NO5S2/c1-13-19(24(28)30-2)20(14-7-9-15(32-4)10-8-14)22-17(26-13)12-16(18-6-5-11-33-18)21(23(22)27)25(29)31-3/h5-11,16,20-21,26H,12H2,1-4H3/t16-,20+,21-/m0/s1. The molecular weight excluding hydrogens is 458 g/mol. The molecular formula is C25H25NO5S2. The summed E-state index contributed by atoms with van der Waals surface area (Å²) in [6.07, 6.45) is 2.45. The number of hydrogen-bond donors (Lipinski definition) is 1. The van der Waals surface area contributed by atoms with Crippen LogP contribution in [0.2, 0.25) is 0 Å². The van der Waals surface area contributed by atoms with Crippen LogP contribution in [0.25, 0.3) is 0 Å². The van der Waals surface area contributed by atoms with E-state index >= 15 is 0 Å². The lowest BCUT2D eigenvalue weighted by Gasteiger charge is -2.39. The van der Waals surface area contributed by atoms with E-state index in [1.165, 1.54) is 25.6 Å². The van der Waals surface area contributed by atoms with Crippen LogP contribution in [0, 0.1) is 5.92 Å². The summed E-state index contributed by atoms with van der Waals surface area (Å²) in [5, 5.41) is 5.23. The molecule has 0 fully saturated rings. The van der Waals surface area contributed by atoms with Crippen molar-refractivity contribution >= 4 is 40.8 Å². The fourth-order valence-corrected chi connectivity index (χ4v) is 5.99. The molecule has 0 saturated heterocycles. The zero-order valence-corrected chi connectivity index (χ0v) is 20.5. The van der Waals surface area contributed by atoms with E-state index in [9.17, 15) is 14.4 Å². The van der Waals surface area contributed by atoms with Crippen molar-refractivity contribution in [3.8, 4) is 0 Å². The summed E-state index contributed by atoms with van der Waals surface area (Å²) in [5.74, 6) is -3.32. The van der Waals surface area contributed by atoms with E-state index in [1.807, 2.05) is 55.0 Å². The smallest absolute Gasteiger partial charge is 0.336 e. The molecule has 1 aliphatic carbocycles. The minimum absolute atomic E-state index is 0.318. The van der Waals surface area contributed by atoms with E-state index in [0.29, 0.717) is 23.3 Å². The molecule has 1 aliphatic heterocycles. The largest absolute Gasteiger partial charge is 0.468 e. The Kier molecular flexibility index (Phi) is 6.76. The first-order chi connectivity index (χ1) is 15.9. The average Bonchev–Trinajstić information content (AvgIpc) is 3.37. The maximum absolute atomic E-state index is 14.0. The van der Waals surface area contributed by atoms with Crippen molar-refractivity contribution in [1.29, 1.82) is 0 Å². The van der Waals surface area contributed by atoms with Gasteiger partial charge in [-0.05, 0) is 48.7 Å². The minimum atomic E-state index is -0.973. The lowest BCUT2D eigenvalue weighted by Crippen LogP contribution is -2.43. The third-order valence-corrected chi connectivity index (χ3v) is 7.99. The van der Waals surface area contributed by atoms with E-state index < -0.39 is 23.8 Å². The summed E-state index contributed by atoms with van der Waals surface area (Å²) in [7, 11) is 2.62. The van der Waals surface area contributed by atoms with Crippen molar-refractivity contribution in [3.63, 3.8) is 0 Å². The second-order valence-corrected chi connectivity index (χ2v) is 9.80. The Hall–Kier alpha value is -2.84. The molecule has 1 N–H and O–H groups in total. The minimum Gasteiger partial charge on any atom is -0.468 e. The first-order valence-corrected chi connectivity index (χ1v) is 12.6. The normalized spacial score (nSPS) is 22.5. The highest BCUT2D eigenvalue weighted by atomic mass is 32.2. The summed E-state index contributed by atoms with van der Waals surface area (Å²) in [4.78, 5) is 41.7. The van der Waals surface area contributed by atoms with Crippen molar-refractivity contribution in [3.05, 3.63) is 74.8 Å². The van der Waals surface area contributed by atoms with Gasteiger partial charge in [0.25, 0.3) is 0 Å². The number of Topliss-reactive ketones (excluding diaryl/α,β-unsaturated/α-hetero) is 1. The maximum atomic E-state index is 14.0. The predicted molar refractivity (Wildman–Crippen MR) is 128 cm³/mol. The molecule has 1 aromatic carbocycles. The number of nitrogens with one attached hydrogen (secondary N) is 1. The molecule has 2 heterocycles. The Balaban J connectivity index is 1.89.